The summed E-state index contributed by atoms with van der Waals surface area (Å²) in [5.74, 6) is 0.618. The molecule has 2 aliphatic carbocycles. The summed E-state index contributed by atoms with van der Waals surface area (Å²) in [6, 6.07) is 0.497. The van der Waals surface area contributed by atoms with Gasteiger partial charge in [-0.15, -0.1) is 0 Å². The van der Waals surface area contributed by atoms with Gasteiger partial charge in [-0.1, -0.05) is 25.7 Å². The molecule has 0 bridgehead atoms. The Morgan fingerprint density at radius 1 is 0.957 bits per heavy atom. The number of primary amides is 1. The maximum atomic E-state index is 12.0. The van der Waals surface area contributed by atoms with Crippen LogP contribution in [0, 0.1) is 5.92 Å². The molecule has 0 aromatic heterocycles. The lowest BCUT2D eigenvalue weighted by atomic mass is 9.85. The minimum atomic E-state index is -0.211. The van der Waals surface area contributed by atoms with E-state index in [9.17, 15) is 4.79 Å². The van der Waals surface area contributed by atoms with Crippen LogP contribution < -0.4 is 5.73 Å². The van der Waals surface area contributed by atoms with E-state index >= 15 is 0 Å². The highest BCUT2D eigenvalue weighted by molar-refractivity contribution is 5.72. The first-order valence-corrected chi connectivity index (χ1v) is 9.36. The Labute approximate surface area is 140 Å². The van der Waals surface area contributed by atoms with Crippen molar-refractivity contribution in [3.05, 3.63) is 0 Å². The monoisotopic (exact) mass is 326 g/mol. The molecule has 2 fully saturated rings. The summed E-state index contributed by atoms with van der Waals surface area (Å²) in [5, 5.41) is 0. The third-order valence-electron chi connectivity index (χ3n) is 5.47. The molecule has 0 saturated heterocycles. The van der Waals surface area contributed by atoms with E-state index in [1.54, 1.807) is 7.11 Å². The molecular weight excluding hydrogens is 292 g/mol. The van der Waals surface area contributed by atoms with Crippen molar-refractivity contribution in [2.75, 3.05) is 26.9 Å². The number of hydrogen-bond donors (Lipinski definition) is 1. The summed E-state index contributed by atoms with van der Waals surface area (Å²) in [7, 11) is 1.69. The highest BCUT2D eigenvalue weighted by Gasteiger charge is 2.32. The van der Waals surface area contributed by atoms with Crippen LogP contribution in [0.4, 0.5) is 4.79 Å². The number of amides is 2. The second-order valence-corrected chi connectivity index (χ2v) is 7.13. The van der Waals surface area contributed by atoms with Crippen LogP contribution in [0.1, 0.15) is 64.2 Å². The second-order valence-electron chi connectivity index (χ2n) is 7.13. The number of hydrogen-bond acceptors (Lipinski definition) is 3. The first kappa shape index (κ1) is 18.5. The van der Waals surface area contributed by atoms with Gasteiger partial charge < -0.3 is 20.1 Å². The number of nitrogens with two attached hydrogens (primary N) is 1. The fraction of sp³-hybridized carbons (Fsp3) is 0.944. The zero-order valence-electron chi connectivity index (χ0n) is 14.7. The van der Waals surface area contributed by atoms with Crippen LogP contribution in [-0.4, -0.2) is 49.9 Å². The molecule has 2 aliphatic rings. The molecule has 134 valence electrons. The molecule has 5 nitrogen and oxygen atoms in total. The number of urea groups is 1. The third-order valence-corrected chi connectivity index (χ3v) is 5.47. The van der Waals surface area contributed by atoms with Crippen molar-refractivity contribution in [3.8, 4) is 0 Å². The number of carbonyl (C=O) groups excluding carboxylic acids is 1. The Morgan fingerprint density at radius 2 is 1.57 bits per heavy atom. The van der Waals surface area contributed by atoms with Crippen molar-refractivity contribution in [3.63, 3.8) is 0 Å². The Balaban J connectivity index is 1.79. The van der Waals surface area contributed by atoms with E-state index in [0.717, 1.165) is 45.1 Å². The summed E-state index contributed by atoms with van der Waals surface area (Å²) in [4.78, 5) is 14.1. The third kappa shape index (κ3) is 5.96. The van der Waals surface area contributed by atoms with Crippen LogP contribution in [-0.2, 0) is 9.47 Å². The van der Waals surface area contributed by atoms with Crippen molar-refractivity contribution in [1.82, 2.24) is 4.90 Å². The first-order chi connectivity index (χ1) is 11.2. The average molecular weight is 326 g/mol. The maximum Gasteiger partial charge on any atom is 0.315 e. The van der Waals surface area contributed by atoms with Crippen LogP contribution >= 0.6 is 0 Å². The lowest BCUT2D eigenvalue weighted by Gasteiger charge is -2.40. The van der Waals surface area contributed by atoms with Crippen LogP contribution in [0.25, 0.3) is 0 Å². The van der Waals surface area contributed by atoms with Gasteiger partial charge in [0.25, 0.3) is 0 Å². The summed E-state index contributed by atoms with van der Waals surface area (Å²) in [5.41, 5.74) is 5.75. The van der Waals surface area contributed by atoms with Gasteiger partial charge in [0.2, 0.25) is 0 Å². The Hall–Kier alpha value is -0.810. The highest BCUT2D eigenvalue weighted by Crippen LogP contribution is 2.32. The number of rotatable bonds is 7. The largest absolute Gasteiger partial charge is 0.382 e. The molecule has 2 saturated carbocycles. The Bertz CT molecular complexity index is 335. The smallest absolute Gasteiger partial charge is 0.315 e. The van der Waals surface area contributed by atoms with E-state index in [1.807, 2.05) is 4.90 Å². The molecule has 5 heteroatoms. The fourth-order valence-electron chi connectivity index (χ4n) is 4.18. The second kappa shape index (κ2) is 10.1. The van der Waals surface area contributed by atoms with Gasteiger partial charge in [-0.25, -0.2) is 4.79 Å². The van der Waals surface area contributed by atoms with Crippen molar-refractivity contribution < 1.29 is 14.3 Å². The minimum Gasteiger partial charge on any atom is -0.382 e. The van der Waals surface area contributed by atoms with Gasteiger partial charge in [0.15, 0.2) is 0 Å². The van der Waals surface area contributed by atoms with E-state index in [0.29, 0.717) is 31.2 Å². The van der Waals surface area contributed by atoms with Gasteiger partial charge in [0, 0.05) is 25.8 Å². The molecule has 0 unspecified atom stereocenters. The molecule has 0 heterocycles. The van der Waals surface area contributed by atoms with E-state index < -0.39 is 0 Å². The van der Waals surface area contributed by atoms with Crippen LogP contribution in [0.5, 0.6) is 0 Å². The first-order valence-electron chi connectivity index (χ1n) is 9.36. The van der Waals surface area contributed by atoms with Crippen molar-refractivity contribution in [2.24, 2.45) is 11.7 Å². The summed E-state index contributed by atoms with van der Waals surface area (Å²) in [6.45, 7) is 2.15. The van der Waals surface area contributed by atoms with Gasteiger partial charge in [0.05, 0.1) is 13.2 Å². The van der Waals surface area contributed by atoms with Crippen molar-refractivity contribution in [2.45, 2.75) is 76.3 Å². The number of carbonyl (C=O) groups is 1. The summed E-state index contributed by atoms with van der Waals surface area (Å²) < 4.78 is 10.7. The summed E-state index contributed by atoms with van der Waals surface area (Å²) in [6.07, 6.45) is 11.7. The van der Waals surface area contributed by atoms with Gasteiger partial charge >= 0.3 is 6.03 Å². The van der Waals surface area contributed by atoms with Crippen LogP contribution in [0.3, 0.4) is 0 Å². The summed E-state index contributed by atoms with van der Waals surface area (Å²) >= 11 is 0. The lowest BCUT2D eigenvalue weighted by Crippen LogP contribution is -2.51. The maximum absolute atomic E-state index is 12.0. The zero-order chi connectivity index (χ0) is 16.5. The van der Waals surface area contributed by atoms with Crippen LogP contribution in [0.2, 0.25) is 0 Å². The van der Waals surface area contributed by atoms with Gasteiger partial charge in [-0.2, -0.15) is 0 Å². The Morgan fingerprint density at radius 3 is 2.13 bits per heavy atom. The zero-order valence-corrected chi connectivity index (χ0v) is 14.7. The van der Waals surface area contributed by atoms with Gasteiger partial charge in [0.1, 0.15) is 0 Å². The lowest BCUT2D eigenvalue weighted by molar-refractivity contribution is 0.0336. The molecule has 0 spiro atoms. The molecule has 0 atom stereocenters. The number of nitrogens with zero attached hydrogens (tertiary/aromatic N) is 1. The molecular formula is C18H34N2O3. The number of ether oxygens (including phenoxy) is 2. The number of methoxy groups -OCH3 is 1. The predicted octanol–water partition coefficient (Wildman–Crippen LogP) is 3.31. The molecule has 2 rings (SSSR count). The van der Waals surface area contributed by atoms with Crippen molar-refractivity contribution in [1.29, 1.82) is 0 Å². The SMILES string of the molecule is COCCOCC1CCC(N(C(N)=O)C2CCCCCC2)CC1. The van der Waals surface area contributed by atoms with E-state index in [1.165, 1.54) is 25.7 Å². The van der Waals surface area contributed by atoms with E-state index in [2.05, 4.69) is 0 Å². The molecule has 0 radical (unpaired) electrons. The molecule has 23 heavy (non-hydrogen) atoms. The quantitative estimate of drug-likeness (QED) is 0.576. The molecule has 2 amide bonds. The predicted molar refractivity (Wildman–Crippen MR) is 91.4 cm³/mol. The van der Waals surface area contributed by atoms with E-state index in [4.69, 9.17) is 15.2 Å². The molecule has 0 aromatic rings. The average Bonchev–Trinajstić information content (AvgIpc) is 2.82. The molecule has 0 aliphatic heterocycles. The highest BCUT2D eigenvalue weighted by atomic mass is 16.5. The minimum absolute atomic E-state index is 0.211. The topological polar surface area (TPSA) is 64.8 Å². The van der Waals surface area contributed by atoms with Gasteiger partial charge in [-0.05, 0) is 44.4 Å². The van der Waals surface area contributed by atoms with Crippen LogP contribution in [0.15, 0.2) is 0 Å². The molecule has 2 N–H and O–H groups in total. The Kier molecular flexibility index (Phi) is 8.17. The normalized spacial score (nSPS) is 26.7. The fourth-order valence-corrected chi connectivity index (χ4v) is 4.18. The van der Waals surface area contributed by atoms with Crippen molar-refractivity contribution >= 4 is 6.03 Å². The molecule has 0 aromatic carbocycles. The standard InChI is InChI=1S/C18H34N2O3/c1-22-12-13-23-14-15-8-10-17(11-9-15)20(18(19)21)16-6-4-2-3-5-7-16/h15-17H,2-14H2,1H3,(H2,19,21). The van der Waals surface area contributed by atoms with Gasteiger partial charge in [-0.3, -0.25) is 0 Å². The van der Waals surface area contributed by atoms with E-state index in [-0.39, 0.29) is 6.03 Å².